The molecule has 0 saturated heterocycles. The summed E-state index contributed by atoms with van der Waals surface area (Å²) >= 11 is 0. The third kappa shape index (κ3) is 7.11. The lowest BCUT2D eigenvalue weighted by atomic mass is 10.0. The highest BCUT2D eigenvalue weighted by Crippen LogP contribution is 2.11. The average Bonchev–Trinajstić information content (AvgIpc) is 2.63. The highest BCUT2D eigenvalue weighted by atomic mass is 16.2. The Morgan fingerprint density at radius 2 is 1.81 bits per heavy atom. The number of hydrogen-bond acceptors (Lipinski definition) is 5. The summed E-state index contributed by atoms with van der Waals surface area (Å²) in [6.45, 7) is 8.79. The molecule has 0 spiro atoms. The topological polar surface area (TPSA) is 75.2 Å². The molecule has 6 nitrogen and oxygen atoms in total. The van der Waals surface area contributed by atoms with Crippen LogP contribution in [0.3, 0.4) is 0 Å². The minimum absolute atomic E-state index is 0.166. The van der Waals surface area contributed by atoms with Gasteiger partial charge in [-0.05, 0) is 38.4 Å². The van der Waals surface area contributed by atoms with Gasteiger partial charge in [0.25, 0.3) is 0 Å². The minimum atomic E-state index is -0.166. The smallest absolute Gasteiger partial charge is 0.240 e. The van der Waals surface area contributed by atoms with E-state index in [0.717, 1.165) is 23.0 Å². The molecule has 26 heavy (non-hydrogen) atoms. The van der Waals surface area contributed by atoms with Crippen molar-refractivity contribution in [2.24, 2.45) is 0 Å². The molecule has 2 aromatic rings. The Hall–Kier alpha value is -2.60. The molecule has 0 unspecified atom stereocenters. The second kappa shape index (κ2) is 11.1. The van der Waals surface area contributed by atoms with Crippen LogP contribution < -0.4 is 5.32 Å². The van der Waals surface area contributed by atoms with Crippen LogP contribution in [0, 0.1) is 13.8 Å². The Bertz CT molecular complexity index is 714. The summed E-state index contributed by atoms with van der Waals surface area (Å²) < 4.78 is 0. The van der Waals surface area contributed by atoms with Crippen molar-refractivity contribution >= 4 is 18.1 Å². The number of likely N-dealkylation sites (N-methyl/N-ethyl adjacent to an activating group) is 1. The Morgan fingerprint density at radius 1 is 1.15 bits per heavy atom. The summed E-state index contributed by atoms with van der Waals surface area (Å²) in [4.78, 5) is 33.1. The van der Waals surface area contributed by atoms with Gasteiger partial charge in [0, 0.05) is 24.5 Å². The van der Waals surface area contributed by atoms with Gasteiger partial charge in [0.2, 0.25) is 11.9 Å². The van der Waals surface area contributed by atoms with Crippen LogP contribution in [-0.4, -0.2) is 47.2 Å². The molecular formula is C20H28N4O2. The minimum Gasteiger partial charge on any atom is -0.298 e. The van der Waals surface area contributed by atoms with Crippen molar-refractivity contribution in [2.75, 3.05) is 25.5 Å². The number of aldehydes is 1. The molecule has 1 aromatic carbocycles. The zero-order valence-corrected chi connectivity index (χ0v) is 16.2. The second-order valence-corrected chi connectivity index (χ2v) is 5.94. The Balaban J connectivity index is 0.00000163. The molecule has 0 bridgehead atoms. The molecule has 0 atom stereocenters. The summed E-state index contributed by atoms with van der Waals surface area (Å²) in [5.41, 5.74) is 3.76. The molecule has 0 fully saturated rings. The molecular weight excluding hydrogens is 328 g/mol. The number of carbonyl (C=O) groups is 2. The molecule has 0 saturated carbocycles. The molecule has 0 aliphatic heterocycles. The highest BCUT2D eigenvalue weighted by molar-refractivity contribution is 5.90. The van der Waals surface area contributed by atoms with Crippen LogP contribution >= 0.6 is 0 Å². The first-order valence-corrected chi connectivity index (χ1v) is 8.79. The third-order valence-corrected chi connectivity index (χ3v) is 3.63. The van der Waals surface area contributed by atoms with Gasteiger partial charge in [0.15, 0.2) is 0 Å². The van der Waals surface area contributed by atoms with E-state index in [1.807, 2.05) is 57.8 Å². The number of aromatic nitrogens is 2. The van der Waals surface area contributed by atoms with E-state index in [-0.39, 0.29) is 12.5 Å². The highest BCUT2D eigenvalue weighted by Gasteiger charge is 2.10. The third-order valence-electron chi connectivity index (χ3n) is 3.63. The van der Waals surface area contributed by atoms with E-state index in [1.165, 1.54) is 0 Å². The van der Waals surface area contributed by atoms with Gasteiger partial charge < -0.3 is 0 Å². The summed E-state index contributed by atoms with van der Waals surface area (Å²) in [6.07, 6.45) is 4.90. The zero-order chi connectivity index (χ0) is 19.5. The van der Waals surface area contributed by atoms with E-state index < -0.39 is 0 Å². The van der Waals surface area contributed by atoms with Crippen molar-refractivity contribution in [1.29, 1.82) is 0 Å². The van der Waals surface area contributed by atoms with E-state index >= 15 is 0 Å². The quantitative estimate of drug-likeness (QED) is 0.772. The Labute approximate surface area is 155 Å². The van der Waals surface area contributed by atoms with E-state index in [9.17, 15) is 9.59 Å². The normalized spacial score (nSPS) is 10.1. The number of nitrogens with one attached hydrogen (secondary N) is 1. The van der Waals surface area contributed by atoms with Crippen LogP contribution in [0.25, 0.3) is 0 Å². The number of benzene rings is 1. The first-order chi connectivity index (χ1) is 12.5. The summed E-state index contributed by atoms with van der Waals surface area (Å²) in [5.74, 6) is 0.141. The van der Waals surface area contributed by atoms with Crippen LogP contribution in [0.4, 0.5) is 5.95 Å². The van der Waals surface area contributed by atoms with E-state index in [2.05, 4.69) is 15.3 Å². The van der Waals surface area contributed by atoms with E-state index in [1.54, 1.807) is 12.4 Å². The number of aryl methyl sites for hydroxylation is 2. The van der Waals surface area contributed by atoms with Gasteiger partial charge in [-0.3, -0.25) is 19.8 Å². The maximum Gasteiger partial charge on any atom is 0.240 e. The van der Waals surface area contributed by atoms with E-state index in [4.69, 9.17) is 0 Å². The summed E-state index contributed by atoms with van der Waals surface area (Å²) in [7, 11) is 1.87. The van der Waals surface area contributed by atoms with Gasteiger partial charge in [-0.1, -0.05) is 37.6 Å². The van der Waals surface area contributed by atoms with Gasteiger partial charge in [-0.2, -0.15) is 0 Å². The molecule has 6 heteroatoms. The van der Waals surface area contributed by atoms with Gasteiger partial charge in [0.05, 0.1) is 6.54 Å². The lowest BCUT2D eigenvalue weighted by molar-refractivity contribution is -0.117. The van der Waals surface area contributed by atoms with Crippen LogP contribution in [-0.2, 0) is 11.2 Å². The van der Waals surface area contributed by atoms with E-state index in [0.29, 0.717) is 24.5 Å². The standard InChI is InChI=1S/C18H22N4O2.C2H6/c1-13-4-5-16(12-23)15(8-13)6-7-22(3)11-17(24)21-18-19-9-14(2)10-20-18;1-2/h4-5,8-10,12H,6-7,11H2,1-3H3,(H,19,20,21,24);1-2H3. The molecule has 140 valence electrons. The molecule has 1 amide bonds. The Morgan fingerprint density at radius 3 is 2.42 bits per heavy atom. The molecule has 1 heterocycles. The number of anilines is 1. The first-order valence-electron chi connectivity index (χ1n) is 8.79. The lowest BCUT2D eigenvalue weighted by Crippen LogP contribution is -2.32. The predicted molar refractivity (Wildman–Crippen MR) is 105 cm³/mol. The molecule has 1 aromatic heterocycles. The van der Waals surface area contributed by atoms with Crippen molar-refractivity contribution in [2.45, 2.75) is 34.1 Å². The monoisotopic (exact) mass is 356 g/mol. The van der Waals surface area contributed by atoms with Crippen LogP contribution in [0.15, 0.2) is 30.6 Å². The van der Waals surface area contributed by atoms with Gasteiger partial charge >= 0.3 is 0 Å². The van der Waals surface area contributed by atoms with Crippen molar-refractivity contribution in [3.63, 3.8) is 0 Å². The summed E-state index contributed by atoms with van der Waals surface area (Å²) in [5, 5.41) is 2.67. The summed E-state index contributed by atoms with van der Waals surface area (Å²) in [6, 6.07) is 5.77. The maximum absolute atomic E-state index is 12.0. The molecule has 2 rings (SSSR count). The van der Waals surface area contributed by atoms with Crippen LogP contribution in [0.2, 0.25) is 0 Å². The number of hydrogen-bond donors (Lipinski definition) is 1. The lowest BCUT2D eigenvalue weighted by Gasteiger charge is -2.16. The maximum atomic E-state index is 12.0. The van der Waals surface area contributed by atoms with Crippen molar-refractivity contribution < 1.29 is 9.59 Å². The number of nitrogens with zero attached hydrogens (tertiary/aromatic N) is 3. The van der Waals surface area contributed by atoms with Crippen LogP contribution in [0.5, 0.6) is 0 Å². The number of rotatable bonds is 7. The molecule has 0 aliphatic carbocycles. The largest absolute Gasteiger partial charge is 0.298 e. The molecule has 1 N–H and O–H groups in total. The Kier molecular flexibility index (Phi) is 9.15. The van der Waals surface area contributed by atoms with Gasteiger partial charge in [-0.25, -0.2) is 9.97 Å². The first kappa shape index (κ1) is 21.4. The zero-order valence-electron chi connectivity index (χ0n) is 16.2. The molecule has 0 aliphatic rings. The fourth-order valence-corrected chi connectivity index (χ4v) is 2.32. The van der Waals surface area contributed by atoms with Gasteiger partial charge in [0.1, 0.15) is 6.29 Å². The van der Waals surface area contributed by atoms with Crippen LogP contribution in [0.1, 0.15) is 40.9 Å². The van der Waals surface area contributed by atoms with Crippen molar-refractivity contribution in [3.8, 4) is 0 Å². The predicted octanol–water partition coefficient (Wildman–Crippen LogP) is 3.05. The van der Waals surface area contributed by atoms with Crippen molar-refractivity contribution in [1.82, 2.24) is 14.9 Å². The fourth-order valence-electron chi connectivity index (χ4n) is 2.32. The fraction of sp³-hybridized carbons (Fsp3) is 0.400. The second-order valence-electron chi connectivity index (χ2n) is 5.94. The number of amides is 1. The average molecular weight is 356 g/mol. The molecule has 0 radical (unpaired) electrons. The van der Waals surface area contributed by atoms with Gasteiger partial charge in [-0.15, -0.1) is 0 Å². The number of carbonyl (C=O) groups excluding carboxylic acids is 2. The SMILES string of the molecule is CC.Cc1cnc(NC(=O)CN(C)CCc2cc(C)ccc2C=O)nc1. The van der Waals surface area contributed by atoms with Crippen molar-refractivity contribution in [3.05, 3.63) is 52.8 Å².